The van der Waals surface area contributed by atoms with Crippen molar-refractivity contribution in [3.05, 3.63) is 47.8 Å². The molecule has 2 heterocycles. The van der Waals surface area contributed by atoms with E-state index in [1.54, 1.807) is 31.1 Å². The Balaban J connectivity index is 1.59. The molecule has 1 aromatic heterocycles. The van der Waals surface area contributed by atoms with E-state index in [-0.39, 0.29) is 0 Å². The number of hydrogen-bond donors (Lipinski definition) is 2. The van der Waals surface area contributed by atoms with Crippen molar-refractivity contribution in [2.45, 2.75) is 13.1 Å². The van der Waals surface area contributed by atoms with Gasteiger partial charge in [0.15, 0.2) is 23.9 Å². The fourth-order valence-electron chi connectivity index (χ4n) is 3.67. The van der Waals surface area contributed by atoms with Gasteiger partial charge in [0.2, 0.25) is 5.75 Å². The first kappa shape index (κ1) is 18.5. The maximum atomic E-state index is 5.47. The van der Waals surface area contributed by atoms with Gasteiger partial charge in [-0.1, -0.05) is 0 Å². The minimum absolute atomic E-state index is 0.655. The second-order valence-electron chi connectivity index (χ2n) is 6.80. The van der Waals surface area contributed by atoms with Crippen LogP contribution in [-0.4, -0.2) is 47.5 Å². The van der Waals surface area contributed by atoms with Crippen LogP contribution in [0.25, 0.3) is 0 Å². The van der Waals surface area contributed by atoms with E-state index in [1.165, 1.54) is 37.3 Å². The zero-order valence-corrected chi connectivity index (χ0v) is 15.9. The Labute approximate surface area is 155 Å². The Kier molecular flexibility index (Phi) is 6.30. The number of rotatable bonds is 7. The molecule has 26 heavy (non-hydrogen) atoms. The maximum Gasteiger partial charge on any atom is 0.203 e. The topological polar surface area (TPSA) is 50.7 Å². The zero-order valence-electron chi connectivity index (χ0n) is 15.9. The SMILES string of the molecule is COc1cc(C[NH+]2CC[NH+](Cc3ccc[nH+]c3)CC2)cc(OC)c1OC. The molecule has 0 aliphatic carbocycles. The molecule has 0 bridgehead atoms. The smallest absolute Gasteiger partial charge is 0.203 e. The van der Waals surface area contributed by atoms with E-state index in [9.17, 15) is 0 Å². The third kappa shape index (κ3) is 4.45. The van der Waals surface area contributed by atoms with Crippen molar-refractivity contribution in [3.63, 3.8) is 0 Å². The molecule has 2 aromatic rings. The van der Waals surface area contributed by atoms with E-state index < -0.39 is 0 Å². The van der Waals surface area contributed by atoms with Crippen LogP contribution in [-0.2, 0) is 13.1 Å². The second-order valence-corrected chi connectivity index (χ2v) is 6.80. The molecule has 1 fully saturated rings. The number of pyridine rings is 1. The lowest BCUT2D eigenvalue weighted by Gasteiger charge is -2.29. The van der Waals surface area contributed by atoms with Crippen LogP contribution < -0.4 is 29.0 Å². The van der Waals surface area contributed by atoms with Crippen molar-refractivity contribution in [2.24, 2.45) is 0 Å². The summed E-state index contributed by atoms with van der Waals surface area (Å²) in [4.78, 5) is 6.42. The van der Waals surface area contributed by atoms with Gasteiger partial charge in [0.05, 0.1) is 26.9 Å². The van der Waals surface area contributed by atoms with Crippen LogP contribution in [0.3, 0.4) is 0 Å². The lowest BCUT2D eigenvalue weighted by Crippen LogP contribution is -3.27. The van der Waals surface area contributed by atoms with Gasteiger partial charge in [0.1, 0.15) is 39.3 Å². The zero-order chi connectivity index (χ0) is 18.4. The van der Waals surface area contributed by atoms with Crippen LogP contribution >= 0.6 is 0 Å². The molecule has 1 saturated heterocycles. The molecule has 3 rings (SSSR count). The number of piperazine rings is 1. The van der Waals surface area contributed by atoms with E-state index in [1.807, 2.05) is 6.20 Å². The molecule has 0 saturated carbocycles. The second kappa shape index (κ2) is 8.87. The number of benzene rings is 1. The van der Waals surface area contributed by atoms with Crippen molar-refractivity contribution >= 4 is 0 Å². The van der Waals surface area contributed by atoms with E-state index in [0.29, 0.717) is 5.75 Å². The van der Waals surface area contributed by atoms with Crippen LogP contribution in [0.4, 0.5) is 0 Å². The molecule has 0 unspecified atom stereocenters. The van der Waals surface area contributed by atoms with Crippen LogP contribution in [0.5, 0.6) is 17.2 Å². The summed E-state index contributed by atoms with van der Waals surface area (Å²) in [7, 11) is 4.96. The summed E-state index contributed by atoms with van der Waals surface area (Å²) in [6, 6.07) is 8.39. The first-order valence-corrected chi connectivity index (χ1v) is 9.14. The normalized spacial score (nSPS) is 19.8. The lowest BCUT2D eigenvalue weighted by atomic mass is 10.1. The van der Waals surface area contributed by atoms with E-state index >= 15 is 0 Å². The van der Waals surface area contributed by atoms with Crippen LogP contribution in [0.1, 0.15) is 11.1 Å². The average molecular weight is 360 g/mol. The van der Waals surface area contributed by atoms with Crippen molar-refractivity contribution in [2.75, 3.05) is 47.5 Å². The van der Waals surface area contributed by atoms with Gasteiger partial charge in [-0.3, -0.25) is 0 Å². The van der Waals surface area contributed by atoms with Crippen molar-refractivity contribution in [1.82, 2.24) is 0 Å². The van der Waals surface area contributed by atoms with E-state index in [0.717, 1.165) is 24.6 Å². The number of aromatic nitrogens is 1. The molecular formula is C20H30N3O3+3. The van der Waals surface area contributed by atoms with Gasteiger partial charge in [-0.25, -0.2) is 4.98 Å². The number of nitrogens with one attached hydrogen (secondary N) is 3. The van der Waals surface area contributed by atoms with Crippen molar-refractivity contribution in [3.8, 4) is 17.2 Å². The molecule has 6 heteroatoms. The molecule has 1 aromatic carbocycles. The fourth-order valence-corrected chi connectivity index (χ4v) is 3.67. The highest BCUT2D eigenvalue weighted by Crippen LogP contribution is 2.37. The predicted octanol–water partition coefficient (Wildman–Crippen LogP) is -0.990. The van der Waals surface area contributed by atoms with Gasteiger partial charge in [0.25, 0.3) is 0 Å². The molecule has 0 amide bonds. The highest BCUT2D eigenvalue weighted by atomic mass is 16.5. The van der Waals surface area contributed by atoms with Gasteiger partial charge in [-0.2, -0.15) is 0 Å². The van der Waals surface area contributed by atoms with E-state index in [4.69, 9.17) is 14.2 Å². The van der Waals surface area contributed by atoms with Gasteiger partial charge < -0.3 is 24.0 Å². The van der Waals surface area contributed by atoms with Gasteiger partial charge >= 0.3 is 0 Å². The third-order valence-electron chi connectivity index (χ3n) is 5.07. The standard InChI is InChI=1S/C20H27N3O3/c1-24-18-11-17(12-19(25-2)20(18)26-3)15-23-9-7-22(8-10-23)14-16-5-4-6-21-13-16/h4-6,11-13H,7-10,14-15H2,1-3H3/p+3. The summed E-state index contributed by atoms with van der Waals surface area (Å²) in [5.74, 6) is 2.11. The molecule has 0 radical (unpaired) electrons. The minimum atomic E-state index is 0.655. The quantitative estimate of drug-likeness (QED) is 0.667. The summed E-state index contributed by atoms with van der Waals surface area (Å²) < 4.78 is 16.4. The van der Waals surface area contributed by atoms with Crippen molar-refractivity contribution in [1.29, 1.82) is 0 Å². The van der Waals surface area contributed by atoms with Gasteiger partial charge in [-0.15, -0.1) is 0 Å². The molecule has 1 aliphatic rings. The van der Waals surface area contributed by atoms with E-state index in [2.05, 4.69) is 35.4 Å². The molecule has 3 N–H and O–H groups in total. The van der Waals surface area contributed by atoms with Crippen LogP contribution in [0, 0.1) is 0 Å². The third-order valence-corrected chi connectivity index (χ3v) is 5.07. The number of ether oxygens (including phenoxy) is 3. The Bertz CT molecular complexity index is 676. The van der Waals surface area contributed by atoms with Crippen LogP contribution in [0.2, 0.25) is 0 Å². The number of quaternary nitrogens is 2. The van der Waals surface area contributed by atoms with Crippen molar-refractivity contribution < 1.29 is 29.0 Å². The average Bonchev–Trinajstić information content (AvgIpc) is 2.69. The highest BCUT2D eigenvalue weighted by Gasteiger charge is 2.24. The Hall–Kier alpha value is -2.31. The number of methoxy groups -OCH3 is 3. The Morgan fingerprint density at radius 1 is 0.846 bits per heavy atom. The molecule has 1 aliphatic heterocycles. The first-order chi connectivity index (χ1) is 12.7. The highest BCUT2D eigenvalue weighted by molar-refractivity contribution is 5.53. The number of aromatic amines is 1. The molecule has 140 valence electrons. The summed E-state index contributed by atoms with van der Waals surface area (Å²) in [5.41, 5.74) is 2.59. The first-order valence-electron chi connectivity index (χ1n) is 9.14. The van der Waals surface area contributed by atoms with Gasteiger partial charge in [-0.05, 0) is 18.2 Å². The number of H-pyrrole nitrogens is 1. The summed E-state index contributed by atoms with van der Waals surface area (Å²) in [6.45, 7) is 6.78. The summed E-state index contributed by atoms with van der Waals surface area (Å²) in [6.07, 6.45) is 4.06. The van der Waals surface area contributed by atoms with Crippen LogP contribution in [0.15, 0.2) is 36.7 Å². The molecule has 0 atom stereocenters. The molecule has 6 nitrogen and oxygen atoms in total. The monoisotopic (exact) mass is 360 g/mol. The lowest BCUT2D eigenvalue weighted by molar-refractivity contribution is -1.02. The summed E-state index contributed by atoms with van der Waals surface area (Å²) >= 11 is 0. The van der Waals surface area contributed by atoms with Gasteiger partial charge in [0, 0.05) is 11.6 Å². The maximum absolute atomic E-state index is 5.47. The largest absolute Gasteiger partial charge is 0.493 e. The molecular weight excluding hydrogens is 330 g/mol. The fraction of sp³-hybridized carbons (Fsp3) is 0.450. The molecule has 0 spiro atoms. The minimum Gasteiger partial charge on any atom is -0.493 e. The summed E-state index contributed by atoms with van der Waals surface area (Å²) in [5, 5.41) is 0. The Morgan fingerprint density at radius 3 is 1.88 bits per heavy atom. The Morgan fingerprint density at radius 2 is 1.42 bits per heavy atom. The predicted molar refractivity (Wildman–Crippen MR) is 97.9 cm³/mol. The number of hydrogen-bond acceptors (Lipinski definition) is 3.